The molecule has 2 aliphatic carbocycles. The van der Waals surface area contributed by atoms with Crippen LogP contribution < -0.4 is 20.4 Å². The van der Waals surface area contributed by atoms with Crippen molar-refractivity contribution >= 4 is 11.4 Å². The number of nitrogens with one attached hydrogen (secondary N) is 2. The van der Waals surface area contributed by atoms with E-state index in [9.17, 15) is 0 Å². The zero-order valence-electron chi connectivity index (χ0n) is 12.0. The van der Waals surface area contributed by atoms with Crippen LogP contribution in [-0.2, 0) is 5.41 Å². The monoisotopic (exact) mass is 288 g/mol. The second kappa shape index (κ2) is 2.91. The second-order valence-electron chi connectivity index (χ2n) is 7.19. The smallest absolute Gasteiger partial charge is 0.111 e. The maximum absolute atomic E-state index is 3.61. The Kier molecular flexibility index (Phi) is 1.37. The van der Waals surface area contributed by atoms with Crippen LogP contribution in [0.15, 0.2) is 54.6 Å². The van der Waals surface area contributed by atoms with Crippen molar-refractivity contribution in [1.29, 1.82) is 0 Å². The van der Waals surface area contributed by atoms with Crippen LogP contribution in [0.3, 0.4) is 0 Å². The highest BCUT2D eigenvalue weighted by Crippen LogP contribution is 2.77. The van der Waals surface area contributed by atoms with Crippen LogP contribution in [0.25, 0.3) is 0 Å². The van der Waals surface area contributed by atoms with E-state index in [1.165, 1.54) is 17.8 Å². The van der Waals surface area contributed by atoms with Gasteiger partial charge >= 0.3 is 0 Å². The fraction of sp³-hybridized carbons (Fsp3) is 0.333. The number of allylic oxidation sites excluding steroid dienone is 1. The van der Waals surface area contributed by atoms with E-state index >= 15 is 0 Å². The van der Waals surface area contributed by atoms with Crippen molar-refractivity contribution in [1.82, 2.24) is 10.6 Å². The number of nitrogens with zero attached hydrogens (tertiary/aromatic N) is 2. The summed E-state index contributed by atoms with van der Waals surface area (Å²) in [6.07, 6.45) is 13.2. The average molecular weight is 288 g/mol. The van der Waals surface area contributed by atoms with Gasteiger partial charge in [0.2, 0.25) is 0 Å². The predicted octanol–water partition coefficient (Wildman–Crippen LogP) is 1.94. The minimum Gasteiger partial charge on any atom is -0.369 e. The van der Waals surface area contributed by atoms with E-state index in [0.717, 1.165) is 0 Å². The normalized spacial score (nSPS) is 43.0. The largest absolute Gasteiger partial charge is 0.369 e. The van der Waals surface area contributed by atoms with Gasteiger partial charge in [-0.3, -0.25) is 0 Å². The molecule has 1 saturated carbocycles. The highest BCUT2D eigenvalue weighted by molar-refractivity contribution is 5.85. The molecule has 0 bridgehead atoms. The zero-order chi connectivity index (χ0) is 14.1. The minimum absolute atomic E-state index is 0.284. The maximum atomic E-state index is 3.61. The van der Waals surface area contributed by atoms with Gasteiger partial charge in [-0.25, -0.2) is 0 Å². The lowest BCUT2D eigenvalue weighted by atomic mass is 9.72. The van der Waals surface area contributed by atoms with Crippen molar-refractivity contribution in [2.75, 3.05) is 9.80 Å². The van der Waals surface area contributed by atoms with Gasteiger partial charge in [-0.2, -0.15) is 0 Å². The van der Waals surface area contributed by atoms with Gasteiger partial charge in [0.25, 0.3) is 0 Å². The third kappa shape index (κ3) is 0.790. The highest BCUT2D eigenvalue weighted by Gasteiger charge is 2.76. The van der Waals surface area contributed by atoms with Gasteiger partial charge in [0.1, 0.15) is 12.3 Å². The average Bonchev–Trinajstić information content (AvgIpc) is 3.06. The molecule has 1 aromatic rings. The molecule has 0 radical (unpaired) electrons. The Balaban J connectivity index is 1.62. The van der Waals surface area contributed by atoms with Crippen molar-refractivity contribution in [2.45, 2.75) is 24.2 Å². The van der Waals surface area contributed by atoms with Gasteiger partial charge < -0.3 is 20.4 Å². The molecule has 108 valence electrons. The van der Waals surface area contributed by atoms with E-state index in [1.807, 2.05) is 0 Å². The summed E-state index contributed by atoms with van der Waals surface area (Å²) < 4.78 is 0. The highest BCUT2D eigenvalue weighted by atomic mass is 15.4. The predicted molar refractivity (Wildman–Crippen MR) is 84.9 cm³/mol. The first-order chi connectivity index (χ1) is 10.9. The van der Waals surface area contributed by atoms with Gasteiger partial charge in [-0.05, 0) is 18.6 Å². The lowest BCUT2D eigenvalue weighted by molar-refractivity contribution is 0.274. The summed E-state index contributed by atoms with van der Waals surface area (Å²) in [6.45, 7) is 0. The Morgan fingerprint density at radius 2 is 1.73 bits per heavy atom. The summed E-state index contributed by atoms with van der Waals surface area (Å²) in [6, 6.07) is 6.80. The van der Waals surface area contributed by atoms with Gasteiger partial charge in [0.05, 0.1) is 0 Å². The standard InChI is InChI=1S/C18H16N4/c1-2-12-15-13(3-1)22-9-7-20-17(22)14-10-4-5-11(18(10,14)15)16-19-6-8-21(12)16/h1-4,6-9,11,14,16-17,19-20H,5H2. The van der Waals surface area contributed by atoms with Crippen LogP contribution >= 0.6 is 0 Å². The van der Waals surface area contributed by atoms with E-state index in [1.54, 1.807) is 11.1 Å². The van der Waals surface area contributed by atoms with Gasteiger partial charge in [-0.15, -0.1) is 0 Å². The minimum atomic E-state index is 0.284. The molecule has 5 atom stereocenters. The molecule has 6 aliphatic rings. The molecule has 7 rings (SSSR count). The molecule has 2 N–H and O–H groups in total. The lowest BCUT2D eigenvalue weighted by Crippen LogP contribution is -2.55. The number of fused-ring (bicyclic) bond motifs is 7. The molecular weight excluding hydrogens is 272 g/mol. The molecule has 0 saturated heterocycles. The summed E-state index contributed by atoms with van der Waals surface area (Å²) in [7, 11) is 0. The van der Waals surface area contributed by atoms with Crippen molar-refractivity contribution in [3.8, 4) is 0 Å². The fourth-order valence-electron chi connectivity index (χ4n) is 6.06. The molecule has 1 spiro atoms. The van der Waals surface area contributed by atoms with E-state index < -0.39 is 0 Å². The number of hydrogen-bond acceptors (Lipinski definition) is 4. The molecule has 5 unspecified atom stereocenters. The van der Waals surface area contributed by atoms with Crippen LogP contribution in [0, 0.1) is 11.8 Å². The van der Waals surface area contributed by atoms with Gasteiger partial charge in [-0.1, -0.05) is 17.7 Å². The Labute approximate surface area is 128 Å². The van der Waals surface area contributed by atoms with Gasteiger partial charge in [0.15, 0.2) is 0 Å². The third-order valence-corrected chi connectivity index (χ3v) is 6.69. The van der Waals surface area contributed by atoms with E-state index in [2.05, 4.69) is 69.5 Å². The first-order valence-corrected chi connectivity index (χ1v) is 8.18. The topological polar surface area (TPSA) is 30.5 Å². The first-order valence-electron chi connectivity index (χ1n) is 8.18. The van der Waals surface area contributed by atoms with E-state index in [-0.39, 0.29) is 5.41 Å². The summed E-state index contributed by atoms with van der Waals surface area (Å²) >= 11 is 0. The molecule has 0 aromatic heterocycles. The molecule has 1 fully saturated rings. The fourth-order valence-corrected chi connectivity index (χ4v) is 6.06. The van der Waals surface area contributed by atoms with E-state index in [4.69, 9.17) is 0 Å². The van der Waals surface area contributed by atoms with Crippen molar-refractivity contribution in [3.05, 3.63) is 60.2 Å². The molecular formula is C18H16N4. The van der Waals surface area contributed by atoms with Crippen LogP contribution in [0.5, 0.6) is 0 Å². The number of benzene rings is 1. The molecule has 4 aliphatic heterocycles. The van der Waals surface area contributed by atoms with Gasteiger partial charge in [0, 0.05) is 59.0 Å². The quantitative estimate of drug-likeness (QED) is 0.714. The Morgan fingerprint density at radius 3 is 2.55 bits per heavy atom. The molecule has 0 amide bonds. The molecule has 1 aromatic carbocycles. The van der Waals surface area contributed by atoms with Crippen molar-refractivity contribution in [2.24, 2.45) is 11.8 Å². The zero-order valence-corrected chi connectivity index (χ0v) is 12.0. The van der Waals surface area contributed by atoms with Crippen LogP contribution in [0.4, 0.5) is 11.4 Å². The summed E-state index contributed by atoms with van der Waals surface area (Å²) in [5.74, 6) is 1.29. The number of anilines is 2. The third-order valence-electron chi connectivity index (χ3n) is 6.69. The summed E-state index contributed by atoms with van der Waals surface area (Å²) in [4.78, 5) is 4.90. The van der Waals surface area contributed by atoms with E-state index in [0.29, 0.717) is 24.2 Å². The number of rotatable bonds is 0. The maximum Gasteiger partial charge on any atom is 0.111 e. The van der Waals surface area contributed by atoms with Crippen LogP contribution in [-0.4, -0.2) is 12.3 Å². The van der Waals surface area contributed by atoms with Crippen LogP contribution in [0.1, 0.15) is 12.0 Å². The number of hydrogen-bond donors (Lipinski definition) is 2. The molecule has 4 heteroatoms. The molecule has 4 heterocycles. The first kappa shape index (κ1) is 10.4. The SMILES string of the molecule is C1=CN2c3cccc4c3C35C(=CCC3C2N1)C5C1NC=CN41. The lowest BCUT2D eigenvalue weighted by Gasteiger charge is -2.48. The molecule has 4 nitrogen and oxygen atoms in total. The Bertz CT molecular complexity index is 823. The summed E-state index contributed by atoms with van der Waals surface area (Å²) in [5.41, 5.74) is 6.33. The van der Waals surface area contributed by atoms with Crippen LogP contribution in [0.2, 0.25) is 0 Å². The summed E-state index contributed by atoms with van der Waals surface area (Å²) in [5, 5.41) is 7.20. The van der Waals surface area contributed by atoms with Crippen molar-refractivity contribution < 1.29 is 0 Å². The molecule has 22 heavy (non-hydrogen) atoms. The Morgan fingerprint density at radius 1 is 1.00 bits per heavy atom. The Hall–Kier alpha value is -2.36. The van der Waals surface area contributed by atoms with Crippen molar-refractivity contribution in [3.63, 3.8) is 0 Å². The second-order valence-corrected chi connectivity index (χ2v) is 7.19.